The van der Waals surface area contributed by atoms with Gasteiger partial charge >= 0.3 is 0 Å². The van der Waals surface area contributed by atoms with Gasteiger partial charge in [-0.15, -0.1) is 0 Å². The Balaban J connectivity index is 2.92. The van der Waals surface area contributed by atoms with Crippen LogP contribution in [0.1, 0.15) is 66.2 Å². The highest BCUT2D eigenvalue weighted by Crippen LogP contribution is 2.22. The Labute approximate surface area is 130 Å². The van der Waals surface area contributed by atoms with E-state index in [0.29, 0.717) is 12.2 Å². The molecule has 1 aliphatic carbocycles. The summed E-state index contributed by atoms with van der Waals surface area (Å²) in [6.07, 6.45) is 12.5. The maximum atomic E-state index is 12.5. The number of carbonyl (C=O) groups excluding carboxylic acids is 1. The molecule has 0 N–H and O–H groups in total. The molecule has 1 heteroatoms. The Hall–Kier alpha value is -1.37. The van der Waals surface area contributed by atoms with Crippen LogP contribution in [-0.2, 0) is 4.79 Å². The Morgan fingerprint density at radius 1 is 1.00 bits per heavy atom. The molecule has 0 radical (unpaired) electrons. The minimum absolute atomic E-state index is 0.0245. The van der Waals surface area contributed by atoms with Gasteiger partial charge < -0.3 is 0 Å². The highest BCUT2D eigenvalue weighted by Gasteiger charge is 2.18. The lowest BCUT2D eigenvalue weighted by atomic mass is 9.88. The van der Waals surface area contributed by atoms with Crippen molar-refractivity contribution in [2.24, 2.45) is 5.92 Å². The molecule has 21 heavy (non-hydrogen) atoms. The van der Waals surface area contributed by atoms with Crippen molar-refractivity contribution in [3.05, 3.63) is 47.1 Å². The second-order valence-electron chi connectivity index (χ2n) is 6.51. The first-order valence-corrected chi connectivity index (χ1v) is 8.05. The summed E-state index contributed by atoms with van der Waals surface area (Å²) in [4.78, 5) is 12.5. The number of allylic oxidation sites excluding steroid dienone is 7. The third-order valence-electron chi connectivity index (χ3n) is 4.20. The Morgan fingerprint density at radius 3 is 2.10 bits per heavy atom. The molecule has 0 aliphatic heterocycles. The van der Waals surface area contributed by atoms with Gasteiger partial charge in [-0.1, -0.05) is 47.1 Å². The van der Waals surface area contributed by atoms with Gasteiger partial charge in [0.15, 0.2) is 0 Å². The van der Waals surface area contributed by atoms with Gasteiger partial charge in [-0.25, -0.2) is 0 Å². The van der Waals surface area contributed by atoms with Crippen LogP contribution in [0, 0.1) is 5.92 Å². The summed E-state index contributed by atoms with van der Waals surface area (Å²) in [6.45, 7) is 12.4. The van der Waals surface area contributed by atoms with Crippen molar-refractivity contribution in [3.63, 3.8) is 0 Å². The summed E-state index contributed by atoms with van der Waals surface area (Å²) in [5.74, 6) is 0.285. The molecule has 1 nitrogen and oxygen atoms in total. The second kappa shape index (κ2) is 8.81. The summed E-state index contributed by atoms with van der Waals surface area (Å²) in [5.41, 5.74) is 5.01. The van der Waals surface area contributed by atoms with Crippen molar-refractivity contribution in [1.82, 2.24) is 0 Å². The normalized spacial score (nSPS) is 30.2. The van der Waals surface area contributed by atoms with E-state index in [-0.39, 0.29) is 5.92 Å². The molecule has 0 aromatic rings. The largest absolute Gasteiger partial charge is 0.299 e. The third-order valence-corrected chi connectivity index (χ3v) is 4.20. The topological polar surface area (TPSA) is 17.1 Å². The van der Waals surface area contributed by atoms with E-state index in [4.69, 9.17) is 0 Å². The average molecular weight is 286 g/mol. The highest BCUT2D eigenvalue weighted by atomic mass is 16.1. The molecular formula is C20H30O. The van der Waals surface area contributed by atoms with Crippen LogP contribution in [0.4, 0.5) is 0 Å². The Bertz CT molecular complexity index is 474. The summed E-state index contributed by atoms with van der Waals surface area (Å²) in [6, 6.07) is 0. The predicted molar refractivity (Wildman–Crippen MR) is 92.3 cm³/mol. The molecule has 1 atom stereocenters. The van der Waals surface area contributed by atoms with Crippen LogP contribution < -0.4 is 0 Å². The Kier molecular flexibility index (Phi) is 7.42. The fourth-order valence-electron chi connectivity index (χ4n) is 2.69. The maximum absolute atomic E-state index is 12.5. The summed E-state index contributed by atoms with van der Waals surface area (Å²) in [5, 5.41) is 0. The van der Waals surface area contributed by atoms with Crippen LogP contribution in [-0.4, -0.2) is 5.78 Å². The third kappa shape index (κ3) is 6.75. The molecule has 1 rings (SSSR count). The monoisotopic (exact) mass is 286 g/mol. The molecule has 1 aliphatic rings. The smallest absolute Gasteiger partial charge is 0.144 e. The van der Waals surface area contributed by atoms with Crippen molar-refractivity contribution in [3.8, 4) is 0 Å². The fraction of sp³-hybridized carbons (Fsp3) is 0.550. The van der Waals surface area contributed by atoms with Gasteiger partial charge in [-0.3, -0.25) is 4.79 Å². The van der Waals surface area contributed by atoms with Crippen molar-refractivity contribution < 1.29 is 4.79 Å². The summed E-state index contributed by atoms with van der Waals surface area (Å²) < 4.78 is 0. The first-order chi connectivity index (χ1) is 9.90. The first kappa shape index (κ1) is 17.7. The number of ketones is 1. The van der Waals surface area contributed by atoms with E-state index < -0.39 is 0 Å². The molecule has 0 aromatic heterocycles. The van der Waals surface area contributed by atoms with Gasteiger partial charge in [-0.2, -0.15) is 0 Å². The number of rotatable bonds is 1. The van der Waals surface area contributed by atoms with Crippen molar-refractivity contribution in [1.29, 1.82) is 0 Å². The molecule has 0 saturated heterocycles. The van der Waals surface area contributed by atoms with Gasteiger partial charge in [0, 0.05) is 12.3 Å². The minimum Gasteiger partial charge on any atom is -0.299 e. The van der Waals surface area contributed by atoms with E-state index in [9.17, 15) is 4.79 Å². The van der Waals surface area contributed by atoms with Crippen molar-refractivity contribution in [2.45, 2.75) is 66.2 Å². The summed E-state index contributed by atoms with van der Waals surface area (Å²) in [7, 11) is 0. The van der Waals surface area contributed by atoms with Crippen molar-refractivity contribution in [2.75, 3.05) is 0 Å². The zero-order valence-electron chi connectivity index (χ0n) is 14.2. The zero-order valence-corrected chi connectivity index (χ0v) is 14.2. The molecule has 0 bridgehead atoms. The standard InChI is InChI=1S/C20H30O/c1-15(2)19-13-12-17(4)10-6-8-16(3)9-7-11-18(5)14-20(19)21/h8,11-12,19H,1,6-7,9-10,13-14H2,2-5H3/b16-8+,17-12+,18-11+/t19-/m0/s1. The summed E-state index contributed by atoms with van der Waals surface area (Å²) >= 11 is 0. The van der Waals surface area contributed by atoms with Crippen molar-refractivity contribution >= 4 is 5.78 Å². The predicted octanol–water partition coefficient (Wildman–Crippen LogP) is 5.94. The van der Waals surface area contributed by atoms with E-state index in [1.807, 2.05) is 6.92 Å². The fourth-order valence-corrected chi connectivity index (χ4v) is 2.69. The van der Waals surface area contributed by atoms with Crippen LogP contribution in [0.3, 0.4) is 0 Å². The van der Waals surface area contributed by atoms with Crippen LogP contribution in [0.25, 0.3) is 0 Å². The number of Topliss-reactive ketones (excluding diaryl/α,β-unsaturated/α-hetero) is 1. The van der Waals surface area contributed by atoms with E-state index in [1.54, 1.807) is 0 Å². The van der Waals surface area contributed by atoms with E-state index in [0.717, 1.165) is 37.7 Å². The molecule has 0 spiro atoms. The Morgan fingerprint density at radius 2 is 1.52 bits per heavy atom. The van der Waals surface area contributed by atoms with E-state index >= 15 is 0 Å². The minimum atomic E-state index is -0.0245. The number of hydrogen-bond donors (Lipinski definition) is 0. The van der Waals surface area contributed by atoms with Crippen LogP contribution in [0.15, 0.2) is 47.1 Å². The lowest BCUT2D eigenvalue weighted by Gasteiger charge is -2.15. The molecule has 0 amide bonds. The maximum Gasteiger partial charge on any atom is 0.144 e. The second-order valence-corrected chi connectivity index (χ2v) is 6.51. The quantitative estimate of drug-likeness (QED) is 0.545. The molecule has 0 heterocycles. The van der Waals surface area contributed by atoms with Crippen LogP contribution in [0.5, 0.6) is 0 Å². The van der Waals surface area contributed by atoms with Gasteiger partial charge in [-0.05, 0) is 59.8 Å². The van der Waals surface area contributed by atoms with E-state index in [1.165, 1.54) is 16.7 Å². The van der Waals surface area contributed by atoms with Crippen LogP contribution in [0.2, 0.25) is 0 Å². The molecule has 0 aromatic carbocycles. The van der Waals surface area contributed by atoms with Gasteiger partial charge in [0.2, 0.25) is 0 Å². The lowest BCUT2D eigenvalue weighted by molar-refractivity contribution is -0.121. The lowest BCUT2D eigenvalue weighted by Crippen LogP contribution is -2.15. The van der Waals surface area contributed by atoms with Gasteiger partial charge in [0.1, 0.15) is 5.78 Å². The number of hydrogen-bond acceptors (Lipinski definition) is 1. The SMILES string of the molecule is C=C(C)[C@@H]1C/C=C(\C)CC/C=C(\C)CC/C=C(\C)CC1=O. The zero-order chi connectivity index (χ0) is 15.8. The van der Waals surface area contributed by atoms with Gasteiger partial charge in [0.05, 0.1) is 0 Å². The number of carbonyl (C=O) groups is 1. The van der Waals surface area contributed by atoms with E-state index in [2.05, 4.69) is 45.6 Å². The molecule has 0 unspecified atom stereocenters. The first-order valence-electron chi connectivity index (χ1n) is 8.05. The van der Waals surface area contributed by atoms with Gasteiger partial charge in [0.25, 0.3) is 0 Å². The molecule has 0 saturated carbocycles. The highest BCUT2D eigenvalue weighted by molar-refractivity contribution is 5.85. The molecular weight excluding hydrogens is 256 g/mol. The average Bonchev–Trinajstić information content (AvgIpc) is 2.37. The molecule has 0 fully saturated rings. The molecule has 116 valence electrons. The van der Waals surface area contributed by atoms with Crippen LogP contribution >= 0.6 is 0 Å².